The summed E-state index contributed by atoms with van der Waals surface area (Å²) in [5, 5.41) is 18.2. The second kappa shape index (κ2) is 15.9. The number of carbonyl (C=O) groups excluding carboxylic acids is 1. The van der Waals surface area contributed by atoms with Gasteiger partial charge in [-0.1, -0.05) is 68.7 Å². The molecular weight excluding hydrogens is 304 g/mol. The van der Waals surface area contributed by atoms with Crippen LogP contribution >= 0.6 is 0 Å². The van der Waals surface area contributed by atoms with Crippen LogP contribution in [0.5, 0.6) is 0 Å². The van der Waals surface area contributed by atoms with E-state index in [0.29, 0.717) is 6.42 Å². The molecule has 4 heteroatoms. The number of hydrogen-bond acceptors (Lipinski definition) is 3. The molecule has 0 aliphatic heterocycles. The predicted molar refractivity (Wildman–Crippen MR) is 97.8 cm³/mol. The van der Waals surface area contributed by atoms with Gasteiger partial charge in [0.05, 0.1) is 6.10 Å². The van der Waals surface area contributed by atoms with Gasteiger partial charge in [-0.2, -0.15) is 0 Å². The molecule has 0 bridgehead atoms. The average molecular weight is 334 g/mol. The number of unbranched alkanes of at least 4 members (excludes halogenated alkanes) is 2. The highest BCUT2D eigenvalue weighted by Gasteiger charge is 2.00. The van der Waals surface area contributed by atoms with Gasteiger partial charge in [0.2, 0.25) is 0 Å². The van der Waals surface area contributed by atoms with Gasteiger partial charge in [0.25, 0.3) is 0 Å². The van der Waals surface area contributed by atoms with Crippen LogP contribution in [0.1, 0.15) is 58.3 Å². The second-order valence-corrected chi connectivity index (χ2v) is 5.61. The number of carboxylic acids is 1. The lowest BCUT2D eigenvalue weighted by atomic mass is 10.1. The van der Waals surface area contributed by atoms with E-state index in [1.807, 2.05) is 24.3 Å². The summed E-state index contributed by atoms with van der Waals surface area (Å²) < 4.78 is 0. The maximum absolute atomic E-state index is 11.4. The fourth-order valence-corrected chi connectivity index (χ4v) is 1.95. The number of aliphatic carboxylic acids is 1. The summed E-state index contributed by atoms with van der Waals surface area (Å²) in [4.78, 5) is 21.7. The Labute approximate surface area is 145 Å². The predicted octanol–water partition coefficient (Wildman–Crippen LogP) is 4.37. The third-order valence-corrected chi connectivity index (χ3v) is 3.30. The molecule has 0 rings (SSSR count). The van der Waals surface area contributed by atoms with Crippen molar-refractivity contribution in [1.29, 1.82) is 0 Å². The van der Waals surface area contributed by atoms with E-state index in [0.717, 1.165) is 32.1 Å². The van der Waals surface area contributed by atoms with Gasteiger partial charge < -0.3 is 10.2 Å². The maximum Gasteiger partial charge on any atom is 0.303 e. The smallest absolute Gasteiger partial charge is 0.303 e. The first-order valence-corrected chi connectivity index (χ1v) is 8.65. The fourth-order valence-electron chi connectivity index (χ4n) is 1.95. The maximum atomic E-state index is 11.4. The summed E-state index contributed by atoms with van der Waals surface area (Å²) in [5.74, 6) is -0.933. The highest BCUT2D eigenvalue weighted by atomic mass is 16.4. The largest absolute Gasteiger partial charge is 0.481 e. The number of ketones is 1. The number of aliphatic hydroxyl groups excluding tert-OH is 1. The third kappa shape index (κ3) is 16.4. The molecule has 0 aliphatic rings. The number of carboxylic acid groups (broad SMARTS) is 1. The van der Waals surface area contributed by atoms with Crippen LogP contribution in [0.25, 0.3) is 0 Å². The van der Waals surface area contributed by atoms with Crippen LogP contribution in [-0.2, 0) is 9.59 Å². The first-order valence-electron chi connectivity index (χ1n) is 8.65. The molecular formula is C20H30O4. The van der Waals surface area contributed by atoms with Gasteiger partial charge in [0.15, 0.2) is 5.78 Å². The molecule has 0 fully saturated rings. The molecule has 24 heavy (non-hydrogen) atoms. The van der Waals surface area contributed by atoms with Crippen molar-refractivity contribution in [2.45, 2.75) is 64.4 Å². The topological polar surface area (TPSA) is 74.6 Å². The minimum Gasteiger partial charge on any atom is -0.481 e. The van der Waals surface area contributed by atoms with Gasteiger partial charge in [-0.3, -0.25) is 9.59 Å². The molecule has 0 amide bonds. The van der Waals surface area contributed by atoms with E-state index in [1.54, 1.807) is 18.2 Å². The van der Waals surface area contributed by atoms with Gasteiger partial charge in [-0.05, 0) is 25.3 Å². The second-order valence-electron chi connectivity index (χ2n) is 5.61. The Morgan fingerprint density at radius 3 is 2.33 bits per heavy atom. The van der Waals surface area contributed by atoms with Crippen LogP contribution in [0.2, 0.25) is 0 Å². The summed E-state index contributed by atoms with van der Waals surface area (Å²) >= 11 is 0. The molecule has 0 saturated heterocycles. The van der Waals surface area contributed by atoms with Crippen molar-refractivity contribution < 1.29 is 19.8 Å². The normalized spacial score (nSPS) is 13.6. The lowest BCUT2D eigenvalue weighted by Gasteiger charge is -2.02. The number of hydrogen-bond donors (Lipinski definition) is 2. The lowest BCUT2D eigenvalue weighted by Crippen LogP contribution is -2.00. The summed E-state index contributed by atoms with van der Waals surface area (Å²) in [6.45, 7) is 2.14. The highest BCUT2D eigenvalue weighted by molar-refractivity contribution is 5.90. The zero-order valence-corrected chi connectivity index (χ0v) is 14.6. The fraction of sp³-hybridized carbons (Fsp3) is 0.500. The average Bonchev–Trinajstić information content (AvgIpc) is 2.53. The quantitative estimate of drug-likeness (QED) is 0.281. The van der Waals surface area contributed by atoms with Crippen LogP contribution in [0, 0.1) is 0 Å². The van der Waals surface area contributed by atoms with Crippen molar-refractivity contribution in [2.75, 3.05) is 0 Å². The van der Waals surface area contributed by atoms with Crippen LogP contribution < -0.4 is 0 Å². The summed E-state index contributed by atoms with van der Waals surface area (Å²) in [5.41, 5.74) is 0. The first-order chi connectivity index (χ1) is 11.6. The highest BCUT2D eigenvalue weighted by Crippen LogP contribution is 2.04. The molecule has 4 nitrogen and oxygen atoms in total. The lowest BCUT2D eigenvalue weighted by molar-refractivity contribution is -0.137. The van der Waals surface area contributed by atoms with Crippen molar-refractivity contribution in [2.24, 2.45) is 0 Å². The summed E-state index contributed by atoms with van der Waals surface area (Å²) in [7, 11) is 0. The Bertz CT molecular complexity index is 458. The molecule has 0 aliphatic carbocycles. The van der Waals surface area contributed by atoms with E-state index in [1.165, 1.54) is 6.08 Å². The standard InChI is InChI=1S/C20H30O4/c1-2-3-9-13-18(21)14-10-7-5-4-6-8-11-15-19(22)16-12-17-20(23)24/h5-8,10-11,14-15,18,21H,2-4,9,12-13,16-17H2,1H3,(H,23,24)/b7-5-,8-6-,14-10+,15-11+/t18-/m0/s1. The van der Waals surface area contributed by atoms with Gasteiger partial charge in [-0.15, -0.1) is 0 Å². The van der Waals surface area contributed by atoms with E-state index in [4.69, 9.17) is 5.11 Å². The number of aliphatic hydroxyl groups is 1. The monoisotopic (exact) mass is 334 g/mol. The molecule has 0 aromatic rings. The Hall–Kier alpha value is -1.94. The summed E-state index contributed by atoms with van der Waals surface area (Å²) in [6.07, 6.45) is 19.6. The minimum absolute atomic E-state index is 0.0288. The molecule has 0 radical (unpaired) electrons. The Morgan fingerprint density at radius 1 is 0.958 bits per heavy atom. The van der Waals surface area contributed by atoms with E-state index in [2.05, 4.69) is 6.92 Å². The van der Waals surface area contributed by atoms with Crippen molar-refractivity contribution in [3.05, 3.63) is 48.6 Å². The molecule has 1 atom stereocenters. The van der Waals surface area contributed by atoms with Crippen molar-refractivity contribution >= 4 is 11.8 Å². The van der Waals surface area contributed by atoms with Crippen molar-refractivity contribution in [3.63, 3.8) is 0 Å². The molecule has 0 spiro atoms. The molecule has 0 aromatic carbocycles. The van der Waals surface area contributed by atoms with Gasteiger partial charge in [0.1, 0.15) is 0 Å². The molecule has 0 unspecified atom stereocenters. The van der Waals surface area contributed by atoms with Crippen LogP contribution in [0.4, 0.5) is 0 Å². The van der Waals surface area contributed by atoms with E-state index < -0.39 is 5.97 Å². The van der Waals surface area contributed by atoms with Crippen molar-refractivity contribution in [1.82, 2.24) is 0 Å². The Morgan fingerprint density at radius 2 is 1.67 bits per heavy atom. The van der Waals surface area contributed by atoms with E-state index in [9.17, 15) is 14.7 Å². The van der Waals surface area contributed by atoms with Crippen LogP contribution in [0.3, 0.4) is 0 Å². The first kappa shape index (κ1) is 22.1. The zero-order chi connectivity index (χ0) is 18.0. The molecule has 0 aromatic heterocycles. The van der Waals surface area contributed by atoms with Gasteiger partial charge >= 0.3 is 5.97 Å². The number of rotatable bonds is 14. The molecule has 0 saturated carbocycles. The van der Waals surface area contributed by atoms with Crippen LogP contribution in [-0.4, -0.2) is 28.1 Å². The Balaban J connectivity index is 3.78. The van der Waals surface area contributed by atoms with Crippen LogP contribution in [0.15, 0.2) is 48.6 Å². The van der Waals surface area contributed by atoms with E-state index in [-0.39, 0.29) is 24.7 Å². The van der Waals surface area contributed by atoms with Gasteiger partial charge in [0, 0.05) is 12.8 Å². The summed E-state index contributed by atoms with van der Waals surface area (Å²) in [6, 6.07) is 0. The molecule has 2 N–H and O–H groups in total. The minimum atomic E-state index is -0.874. The van der Waals surface area contributed by atoms with Crippen molar-refractivity contribution in [3.8, 4) is 0 Å². The third-order valence-electron chi connectivity index (χ3n) is 3.30. The van der Waals surface area contributed by atoms with E-state index >= 15 is 0 Å². The SMILES string of the molecule is CCCCC[C@H](O)/C=C/C=C\C/C=C\C=C\C(=O)CCCC(=O)O. The number of carbonyl (C=O) groups is 2. The molecule has 0 heterocycles. The van der Waals surface area contributed by atoms with Gasteiger partial charge in [-0.25, -0.2) is 0 Å². The number of allylic oxidation sites excluding steroid dienone is 7. The Kier molecular flexibility index (Phi) is 14.6. The zero-order valence-electron chi connectivity index (χ0n) is 14.6. The molecule has 134 valence electrons.